The highest BCUT2D eigenvalue weighted by Gasteiger charge is 2.34. The van der Waals surface area contributed by atoms with Gasteiger partial charge in [0.05, 0.1) is 46.0 Å². The van der Waals surface area contributed by atoms with E-state index < -0.39 is 17.8 Å². The summed E-state index contributed by atoms with van der Waals surface area (Å²) in [4.78, 5) is 33.6. The van der Waals surface area contributed by atoms with Crippen LogP contribution >= 0.6 is 15.9 Å². The van der Waals surface area contributed by atoms with E-state index in [9.17, 15) is 22.8 Å². The molecule has 1 aromatic carbocycles. The lowest BCUT2D eigenvalue weighted by Crippen LogP contribution is -2.25. The molecule has 5 rings (SSSR count). The highest BCUT2D eigenvalue weighted by molar-refractivity contribution is 9.10. The van der Waals surface area contributed by atoms with Crippen LogP contribution < -0.4 is 10.6 Å². The number of rotatable bonds is 7. The molecule has 1 saturated carbocycles. The fourth-order valence-corrected chi connectivity index (χ4v) is 4.57. The minimum absolute atomic E-state index is 0.0538. The highest BCUT2D eigenvalue weighted by atomic mass is 79.9. The summed E-state index contributed by atoms with van der Waals surface area (Å²) < 4.78 is 42.7. The number of aromatic nitrogens is 4. The van der Waals surface area contributed by atoms with Crippen LogP contribution in [0.2, 0.25) is 0 Å². The summed E-state index contributed by atoms with van der Waals surface area (Å²) in [6.07, 6.45) is -0.910. The number of benzene rings is 1. The van der Waals surface area contributed by atoms with Crippen molar-refractivity contribution in [2.24, 2.45) is 5.92 Å². The maximum Gasteiger partial charge on any atom is 0.433 e. The van der Waals surface area contributed by atoms with Gasteiger partial charge < -0.3 is 10.6 Å². The average molecular weight is 601 g/mol. The SMILES string of the molecule is Cc1nn(Cc2ccc(C(=O)NCC3CC3)cn2)c(C)c1NC(=O)c1cc(C(F)(F)F)nc2ccc(Br)cc12. The molecule has 0 unspecified atom stereocenters. The third kappa shape index (κ3) is 5.95. The zero-order valence-corrected chi connectivity index (χ0v) is 22.7. The lowest BCUT2D eigenvalue weighted by atomic mass is 10.1. The van der Waals surface area contributed by atoms with Gasteiger partial charge in [-0.15, -0.1) is 0 Å². The molecule has 202 valence electrons. The number of nitrogens with zero attached hydrogens (tertiary/aromatic N) is 4. The number of halogens is 4. The van der Waals surface area contributed by atoms with Crippen molar-refractivity contribution in [3.8, 4) is 0 Å². The minimum Gasteiger partial charge on any atom is -0.352 e. The number of hydrogen-bond donors (Lipinski definition) is 2. The summed E-state index contributed by atoms with van der Waals surface area (Å²) in [6.45, 7) is 4.39. The van der Waals surface area contributed by atoms with E-state index in [1.807, 2.05) is 0 Å². The van der Waals surface area contributed by atoms with Crippen LogP contribution in [0.15, 0.2) is 47.1 Å². The van der Waals surface area contributed by atoms with Crippen molar-refractivity contribution < 1.29 is 22.8 Å². The molecule has 8 nitrogen and oxygen atoms in total. The molecule has 0 bridgehead atoms. The molecular formula is C27H24BrF3N6O2. The third-order valence-corrected chi connectivity index (χ3v) is 7.07. The number of fused-ring (bicyclic) bond motifs is 1. The van der Waals surface area contributed by atoms with Crippen LogP contribution in [0.25, 0.3) is 10.9 Å². The standard InChI is InChI=1S/C27H24BrF3N6O2/c1-14-24(35-26(39)21-10-23(27(29,30)31)34-22-8-6-18(28)9-20(21)22)15(2)37(36-14)13-19-7-5-17(12-32-19)25(38)33-11-16-3-4-16/h5-10,12,16H,3-4,11,13H2,1-2H3,(H,33,38)(H,35,39). The average Bonchev–Trinajstić information content (AvgIpc) is 3.69. The molecule has 0 saturated heterocycles. The second kappa shape index (κ2) is 10.4. The molecule has 3 heterocycles. The molecule has 0 radical (unpaired) electrons. The van der Waals surface area contributed by atoms with Crippen molar-refractivity contribution in [1.29, 1.82) is 0 Å². The number of carbonyl (C=O) groups excluding carboxylic acids is 2. The smallest absolute Gasteiger partial charge is 0.352 e. The largest absolute Gasteiger partial charge is 0.433 e. The van der Waals surface area contributed by atoms with Gasteiger partial charge in [0.2, 0.25) is 0 Å². The number of aryl methyl sites for hydroxylation is 1. The second-order valence-electron chi connectivity index (χ2n) is 9.56. The van der Waals surface area contributed by atoms with Gasteiger partial charge in [-0.3, -0.25) is 19.3 Å². The topological polar surface area (TPSA) is 102 Å². The summed E-state index contributed by atoms with van der Waals surface area (Å²) >= 11 is 3.30. The highest BCUT2D eigenvalue weighted by Crippen LogP contribution is 2.33. The van der Waals surface area contributed by atoms with E-state index in [0.717, 1.165) is 18.9 Å². The molecule has 1 aliphatic rings. The number of anilines is 1. The Morgan fingerprint density at radius 2 is 1.87 bits per heavy atom. The first kappa shape index (κ1) is 26.8. The quantitative estimate of drug-likeness (QED) is 0.285. The Labute approximate surface area is 230 Å². The van der Waals surface area contributed by atoms with Crippen LogP contribution in [-0.2, 0) is 12.7 Å². The lowest BCUT2D eigenvalue weighted by Gasteiger charge is -2.13. The van der Waals surface area contributed by atoms with E-state index in [4.69, 9.17) is 0 Å². The minimum atomic E-state index is -4.71. The lowest BCUT2D eigenvalue weighted by molar-refractivity contribution is -0.141. The Balaban J connectivity index is 1.36. The molecule has 4 aromatic rings. The molecule has 1 aliphatic carbocycles. The summed E-state index contributed by atoms with van der Waals surface area (Å²) in [7, 11) is 0. The molecule has 1 fully saturated rings. The van der Waals surface area contributed by atoms with Crippen molar-refractivity contribution in [2.45, 2.75) is 39.4 Å². The predicted molar refractivity (Wildman–Crippen MR) is 142 cm³/mol. The summed E-state index contributed by atoms with van der Waals surface area (Å²) in [5, 5.41) is 10.4. The van der Waals surface area contributed by atoms with Crippen molar-refractivity contribution in [3.63, 3.8) is 0 Å². The maximum absolute atomic E-state index is 13.5. The number of alkyl halides is 3. The number of hydrogen-bond acceptors (Lipinski definition) is 5. The van der Waals surface area contributed by atoms with Gasteiger partial charge in [0.25, 0.3) is 11.8 Å². The summed E-state index contributed by atoms with van der Waals surface area (Å²) in [5.74, 6) is -0.300. The third-order valence-electron chi connectivity index (χ3n) is 6.57. The molecule has 3 aromatic heterocycles. The van der Waals surface area contributed by atoms with E-state index in [-0.39, 0.29) is 28.9 Å². The molecule has 0 aliphatic heterocycles. The van der Waals surface area contributed by atoms with Gasteiger partial charge in [-0.25, -0.2) is 4.98 Å². The zero-order chi connectivity index (χ0) is 27.9. The predicted octanol–water partition coefficient (Wildman–Crippen LogP) is 5.66. The fourth-order valence-electron chi connectivity index (χ4n) is 4.21. The molecular weight excluding hydrogens is 577 g/mol. The van der Waals surface area contributed by atoms with E-state index in [2.05, 4.69) is 41.6 Å². The van der Waals surface area contributed by atoms with Crippen LogP contribution in [0.5, 0.6) is 0 Å². The van der Waals surface area contributed by atoms with Crippen LogP contribution in [-0.4, -0.2) is 38.1 Å². The molecule has 39 heavy (non-hydrogen) atoms. The number of amides is 2. The molecule has 2 amide bonds. The molecule has 12 heteroatoms. The van der Waals surface area contributed by atoms with Gasteiger partial charge in [-0.2, -0.15) is 18.3 Å². The van der Waals surface area contributed by atoms with Crippen molar-refractivity contribution in [1.82, 2.24) is 25.1 Å². The van der Waals surface area contributed by atoms with Gasteiger partial charge in [0.15, 0.2) is 0 Å². The van der Waals surface area contributed by atoms with Gasteiger partial charge >= 0.3 is 6.18 Å². The Morgan fingerprint density at radius 3 is 2.54 bits per heavy atom. The first-order chi connectivity index (χ1) is 18.5. The van der Waals surface area contributed by atoms with Crippen LogP contribution in [0.3, 0.4) is 0 Å². The van der Waals surface area contributed by atoms with E-state index in [0.29, 0.717) is 45.3 Å². The first-order valence-electron chi connectivity index (χ1n) is 12.3. The number of carbonyl (C=O) groups is 2. The van der Waals surface area contributed by atoms with E-state index >= 15 is 0 Å². The van der Waals surface area contributed by atoms with Gasteiger partial charge in [0.1, 0.15) is 5.69 Å². The maximum atomic E-state index is 13.5. The summed E-state index contributed by atoms with van der Waals surface area (Å²) in [5.41, 5.74) is 1.35. The van der Waals surface area contributed by atoms with E-state index in [1.165, 1.54) is 12.3 Å². The Bertz CT molecular complexity index is 1580. The van der Waals surface area contributed by atoms with Crippen molar-refractivity contribution in [2.75, 3.05) is 11.9 Å². The monoisotopic (exact) mass is 600 g/mol. The molecule has 0 spiro atoms. The Morgan fingerprint density at radius 1 is 1.10 bits per heavy atom. The zero-order valence-electron chi connectivity index (χ0n) is 21.1. The van der Waals surface area contributed by atoms with Crippen molar-refractivity contribution >= 4 is 44.3 Å². The molecule has 2 N–H and O–H groups in total. The fraction of sp³-hybridized carbons (Fsp3) is 0.296. The Hall–Kier alpha value is -3.80. The summed E-state index contributed by atoms with van der Waals surface area (Å²) in [6, 6.07) is 8.74. The second-order valence-corrected chi connectivity index (χ2v) is 10.5. The van der Waals surface area contributed by atoms with Gasteiger partial charge in [-0.05, 0) is 69.0 Å². The number of pyridine rings is 2. The molecule has 0 atom stereocenters. The van der Waals surface area contributed by atoms with Crippen LogP contribution in [0.1, 0.15) is 56.3 Å². The normalized spacial score (nSPS) is 13.5. The Kier molecular flexibility index (Phi) is 7.15. The van der Waals surface area contributed by atoms with Crippen molar-refractivity contribution in [3.05, 3.63) is 81.0 Å². The number of nitrogens with one attached hydrogen (secondary N) is 2. The van der Waals surface area contributed by atoms with Gasteiger partial charge in [-0.1, -0.05) is 15.9 Å². The first-order valence-corrected chi connectivity index (χ1v) is 13.0. The van der Waals surface area contributed by atoms with E-state index in [1.54, 1.807) is 42.8 Å². The van der Waals surface area contributed by atoms with Crippen LogP contribution in [0, 0.1) is 19.8 Å². The van der Waals surface area contributed by atoms with Crippen LogP contribution in [0.4, 0.5) is 18.9 Å². The van der Waals surface area contributed by atoms with Gasteiger partial charge in [0, 0.05) is 22.6 Å².